The second-order valence-corrected chi connectivity index (χ2v) is 3.85. The van der Waals surface area contributed by atoms with E-state index < -0.39 is 18.0 Å². The normalized spacial score (nSPS) is 11.8. The van der Waals surface area contributed by atoms with E-state index in [-0.39, 0.29) is 17.8 Å². The van der Waals surface area contributed by atoms with E-state index in [4.69, 9.17) is 4.74 Å². The van der Waals surface area contributed by atoms with Crippen LogP contribution in [0.2, 0.25) is 0 Å². The number of nitrogens with zero attached hydrogens (tertiary/aromatic N) is 3. The quantitative estimate of drug-likeness (QED) is 0.788. The Balaban J connectivity index is 2.52. The summed E-state index contributed by atoms with van der Waals surface area (Å²) in [5.41, 5.74) is 0.334. The van der Waals surface area contributed by atoms with Crippen LogP contribution in [0, 0.1) is 6.92 Å². The Morgan fingerprint density at radius 1 is 1.42 bits per heavy atom. The van der Waals surface area contributed by atoms with Gasteiger partial charge in [-0.25, -0.2) is 0 Å². The molecule has 2 heterocycles. The number of carbonyl (C=O) groups is 1. The van der Waals surface area contributed by atoms with Gasteiger partial charge in [0.15, 0.2) is 5.65 Å². The van der Waals surface area contributed by atoms with Gasteiger partial charge in [0, 0.05) is 18.2 Å². The third kappa shape index (κ3) is 2.38. The molecule has 8 heteroatoms. The molecule has 102 valence electrons. The number of fused-ring (bicyclic) bond motifs is 1. The van der Waals surface area contributed by atoms with Crippen LogP contribution in [0.1, 0.15) is 24.7 Å². The van der Waals surface area contributed by atoms with Crippen molar-refractivity contribution >= 4 is 11.6 Å². The number of aryl methyl sites for hydroxylation is 1. The molecule has 19 heavy (non-hydrogen) atoms. The molecular formula is C11H10F3N3O2. The molecule has 2 aromatic rings. The predicted octanol–water partition coefficient (Wildman–Crippen LogP) is 2.37. The Morgan fingerprint density at radius 3 is 2.68 bits per heavy atom. The van der Waals surface area contributed by atoms with Crippen LogP contribution < -0.4 is 4.74 Å². The molecule has 0 aliphatic heterocycles. The van der Waals surface area contributed by atoms with Crippen LogP contribution in [0.15, 0.2) is 12.3 Å². The topological polar surface area (TPSA) is 56.5 Å². The van der Waals surface area contributed by atoms with Crippen LogP contribution in [0.25, 0.3) is 5.65 Å². The van der Waals surface area contributed by atoms with Crippen molar-refractivity contribution in [2.24, 2.45) is 0 Å². The Kier molecular flexibility index (Phi) is 3.17. The van der Waals surface area contributed by atoms with Gasteiger partial charge in [0.2, 0.25) is 5.82 Å². The van der Waals surface area contributed by atoms with Gasteiger partial charge in [0.1, 0.15) is 5.75 Å². The third-order valence-electron chi connectivity index (χ3n) is 2.54. The number of hydrogen-bond acceptors (Lipinski definition) is 4. The number of rotatable bonds is 2. The highest BCUT2D eigenvalue weighted by molar-refractivity contribution is 5.73. The van der Waals surface area contributed by atoms with Crippen molar-refractivity contribution in [3.05, 3.63) is 23.7 Å². The molecule has 0 fully saturated rings. The van der Waals surface area contributed by atoms with Gasteiger partial charge in [-0.15, -0.1) is 10.2 Å². The minimum absolute atomic E-state index is 0.00808. The molecule has 2 rings (SSSR count). The fourth-order valence-electron chi connectivity index (χ4n) is 1.56. The summed E-state index contributed by atoms with van der Waals surface area (Å²) in [5, 5.41) is 6.60. The SMILES string of the molecule is CCC(=O)Oc1ccn2c(C(F)(F)F)nnc2c1C. The Labute approximate surface area is 106 Å². The maximum absolute atomic E-state index is 12.6. The first-order chi connectivity index (χ1) is 8.84. The van der Waals surface area contributed by atoms with Crippen LogP contribution in [0.5, 0.6) is 5.75 Å². The third-order valence-corrected chi connectivity index (χ3v) is 2.54. The zero-order valence-electron chi connectivity index (χ0n) is 10.2. The summed E-state index contributed by atoms with van der Waals surface area (Å²) < 4.78 is 43.7. The predicted molar refractivity (Wildman–Crippen MR) is 58.7 cm³/mol. The smallest absolute Gasteiger partial charge is 0.426 e. The van der Waals surface area contributed by atoms with Crippen LogP contribution in [0.4, 0.5) is 13.2 Å². The minimum Gasteiger partial charge on any atom is -0.426 e. The Bertz CT molecular complexity index is 634. The molecule has 0 unspecified atom stereocenters. The highest BCUT2D eigenvalue weighted by atomic mass is 19.4. The van der Waals surface area contributed by atoms with E-state index in [0.717, 1.165) is 10.6 Å². The monoisotopic (exact) mass is 273 g/mol. The molecule has 0 aliphatic carbocycles. The molecule has 0 radical (unpaired) electrons. The van der Waals surface area contributed by atoms with Crippen molar-refractivity contribution in [2.75, 3.05) is 0 Å². The van der Waals surface area contributed by atoms with Gasteiger partial charge < -0.3 is 4.74 Å². The van der Waals surface area contributed by atoms with Crippen molar-refractivity contribution in [3.63, 3.8) is 0 Å². The van der Waals surface area contributed by atoms with Crippen LogP contribution in [-0.2, 0) is 11.0 Å². The first-order valence-electron chi connectivity index (χ1n) is 5.46. The van der Waals surface area contributed by atoms with Gasteiger partial charge in [0.25, 0.3) is 0 Å². The lowest BCUT2D eigenvalue weighted by molar-refractivity contribution is -0.145. The molecule has 2 aromatic heterocycles. The summed E-state index contributed by atoms with van der Waals surface area (Å²) in [7, 11) is 0. The highest BCUT2D eigenvalue weighted by Crippen LogP contribution is 2.30. The lowest BCUT2D eigenvalue weighted by Crippen LogP contribution is -2.11. The second kappa shape index (κ2) is 4.52. The first-order valence-corrected chi connectivity index (χ1v) is 5.46. The number of aromatic nitrogens is 3. The zero-order valence-corrected chi connectivity index (χ0v) is 10.2. The van der Waals surface area contributed by atoms with Gasteiger partial charge in [-0.1, -0.05) is 6.92 Å². The van der Waals surface area contributed by atoms with Crippen molar-refractivity contribution in [3.8, 4) is 5.75 Å². The van der Waals surface area contributed by atoms with E-state index in [1.807, 2.05) is 0 Å². The van der Waals surface area contributed by atoms with Gasteiger partial charge in [-0.05, 0) is 13.0 Å². The van der Waals surface area contributed by atoms with Crippen LogP contribution >= 0.6 is 0 Å². The fourth-order valence-corrected chi connectivity index (χ4v) is 1.56. The van der Waals surface area contributed by atoms with E-state index in [1.54, 1.807) is 6.92 Å². The summed E-state index contributed by atoms with van der Waals surface area (Å²) in [6.07, 6.45) is -3.29. The summed E-state index contributed by atoms with van der Waals surface area (Å²) >= 11 is 0. The van der Waals surface area contributed by atoms with Crippen molar-refractivity contribution in [2.45, 2.75) is 26.4 Å². The number of alkyl halides is 3. The van der Waals surface area contributed by atoms with Crippen LogP contribution in [0.3, 0.4) is 0 Å². The van der Waals surface area contributed by atoms with Crippen molar-refractivity contribution < 1.29 is 22.7 Å². The summed E-state index contributed by atoms with van der Waals surface area (Å²) in [6.45, 7) is 3.14. The number of esters is 1. The summed E-state index contributed by atoms with van der Waals surface area (Å²) in [6, 6.07) is 1.29. The van der Waals surface area contributed by atoms with Crippen LogP contribution in [-0.4, -0.2) is 20.6 Å². The van der Waals surface area contributed by atoms with Gasteiger partial charge in [0.05, 0.1) is 0 Å². The molecule has 0 spiro atoms. The maximum atomic E-state index is 12.6. The summed E-state index contributed by atoms with van der Waals surface area (Å²) in [5.74, 6) is -1.40. The molecular weight excluding hydrogens is 263 g/mol. The molecule has 0 atom stereocenters. The molecule has 0 bridgehead atoms. The second-order valence-electron chi connectivity index (χ2n) is 3.85. The maximum Gasteiger partial charge on any atom is 0.452 e. The van der Waals surface area contributed by atoms with E-state index in [0.29, 0.717) is 5.56 Å². The minimum atomic E-state index is -4.59. The average molecular weight is 273 g/mol. The van der Waals surface area contributed by atoms with E-state index in [9.17, 15) is 18.0 Å². The van der Waals surface area contributed by atoms with E-state index in [1.165, 1.54) is 13.0 Å². The molecule has 0 aromatic carbocycles. The highest BCUT2D eigenvalue weighted by Gasteiger charge is 2.37. The van der Waals surface area contributed by atoms with Gasteiger partial charge in [-0.3, -0.25) is 9.20 Å². The average Bonchev–Trinajstić information content (AvgIpc) is 2.76. The van der Waals surface area contributed by atoms with Gasteiger partial charge in [-0.2, -0.15) is 13.2 Å². The molecule has 0 saturated heterocycles. The molecule has 5 nitrogen and oxygen atoms in total. The number of hydrogen-bond donors (Lipinski definition) is 0. The summed E-state index contributed by atoms with van der Waals surface area (Å²) in [4.78, 5) is 11.2. The number of ether oxygens (including phenoxy) is 1. The molecule has 0 saturated carbocycles. The number of pyridine rings is 1. The number of carbonyl (C=O) groups excluding carboxylic acids is 1. The van der Waals surface area contributed by atoms with Crippen molar-refractivity contribution in [1.29, 1.82) is 0 Å². The van der Waals surface area contributed by atoms with E-state index in [2.05, 4.69) is 10.2 Å². The zero-order chi connectivity index (χ0) is 14.2. The lowest BCUT2D eigenvalue weighted by Gasteiger charge is -2.08. The molecule has 0 amide bonds. The largest absolute Gasteiger partial charge is 0.452 e. The van der Waals surface area contributed by atoms with Gasteiger partial charge >= 0.3 is 12.1 Å². The lowest BCUT2D eigenvalue weighted by atomic mass is 10.2. The van der Waals surface area contributed by atoms with Crippen molar-refractivity contribution in [1.82, 2.24) is 14.6 Å². The fraction of sp³-hybridized carbons (Fsp3) is 0.364. The van der Waals surface area contributed by atoms with E-state index >= 15 is 0 Å². The molecule has 0 aliphatic rings. The number of halogens is 3. The Morgan fingerprint density at radius 2 is 2.11 bits per heavy atom. The Hall–Kier alpha value is -2.12. The standard InChI is InChI=1S/C11H10F3N3O2/c1-3-8(18)19-7-4-5-17-9(6(7)2)15-16-10(17)11(12,13)14/h4-5H,3H2,1-2H3. The molecule has 0 N–H and O–H groups in total. The first kappa shape index (κ1) is 13.3.